The molecule has 0 heterocycles. The zero-order chi connectivity index (χ0) is 17.4. The Morgan fingerprint density at radius 3 is 2.38 bits per heavy atom. The zero-order valence-corrected chi connectivity index (χ0v) is 14.5. The van der Waals surface area contributed by atoms with Crippen molar-refractivity contribution in [3.8, 4) is 0 Å². The minimum atomic E-state index is -0.184. The van der Waals surface area contributed by atoms with E-state index >= 15 is 0 Å². The van der Waals surface area contributed by atoms with Crippen molar-refractivity contribution < 1.29 is 9.59 Å². The predicted molar refractivity (Wildman–Crippen MR) is 96.6 cm³/mol. The summed E-state index contributed by atoms with van der Waals surface area (Å²) in [6, 6.07) is 14.2. The van der Waals surface area contributed by atoms with E-state index in [9.17, 15) is 9.59 Å². The van der Waals surface area contributed by atoms with Crippen molar-refractivity contribution in [1.82, 2.24) is 10.6 Å². The van der Waals surface area contributed by atoms with E-state index in [2.05, 4.69) is 10.6 Å². The molecule has 6 heteroatoms. The first kappa shape index (κ1) is 18.3. The summed E-state index contributed by atoms with van der Waals surface area (Å²) in [6.45, 7) is 0.772. The molecule has 0 aromatic heterocycles. The van der Waals surface area contributed by atoms with Crippen LogP contribution < -0.4 is 10.6 Å². The van der Waals surface area contributed by atoms with Crippen molar-refractivity contribution in [2.45, 2.75) is 12.8 Å². The molecule has 0 aliphatic carbocycles. The third kappa shape index (κ3) is 5.87. The highest BCUT2D eigenvalue weighted by atomic mass is 35.5. The van der Waals surface area contributed by atoms with Crippen LogP contribution in [0.5, 0.6) is 0 Å². The monoisotopic (exact) mass is 364 g/mol. The molecule has 0 radical (unpaired) electrons. The van der Waals surface area contributed by atoms with E-state index in [0.717, 1.165) is 5.56 Å². The summed E-state index contributed by atoms with van der Waals surface area (Å²) in [4.78, 5) is 23.6. The number of carbonyl (C=O) groups excluding carboxylic acids is 2. The second-order valence-electron chi connectivity index (χ2n) is 5.21. The fourth-order valence-corrected chi connectivity index (χ4v) is 2.63. The van der Waals surface area contributed by atoms with Crippen molar-refractivity contribution >= 4 is 35.0 Å². The summed E-state index contributed by atoms with van der Waals surface area (Å²) in [5, 5.41) is 6.70. The molecule has 0 aliphatic heterocycles. The molecule has 2 N–H and O–H groups in total. The Labute approximate surface area is 151 Å². The smallest absolute Gasteiger partial charge is 0.251 e. The summed E-state index contributed by atoms with van der Waals surface area (Å²) < 4.78 is 0. The number of hydrogen-bond donors (Lipinski definition) is 2. The number of amides is 2. The van der Waals surface area contributed by atoms with Gasteiger partial charge in [-0.1, -0.05) is 47.5 Å². The van der Waals surface area contributed by atoms with E-state index in [1.54, 1.807) is 36.4 Å². The number of benzene rings is 2. The molecule has 2 aromatic rings. The van der Waals surface area contributed by atoms with Crippen molar-refractivity contribution in [3.63, 3.8) is 0 Å². The van der Waals surface area contributed by atoms with Crippen molar-refractivity contribution in [2.75, 3.05) is 13.1 Å². The van der Waals surface area contributed by atoms with Gasteiger partial charge in [-0.25, -0.2) is 0 Å². The number of hydrogen-bond acceptors (Lipinski definition) is 2. The zero-order valence-electron chi connectivity index (χ0n) is 13.0. The minimum absolute atomic E-state index is 0.117. The fourth-order valence-electron chi connectivity index (χ4n) is 2.13. The van der Waals surface area contributed by atoms with Crippen LogP contribution in [0.2, 0.25) is 10.0 Å². The molecular formula is C18H18Cl2N2O2. The molecular weight excluding hydrogens is 347 g/mol. The Kier molecular flexibility index (Phi) is 7.09. The van der Waals surface area contributed by atoms with E-state index in [0.29, 0.717) is 35.1 Å². The quantitative estimate of drug-likeness (QED) is 0.789. The normalized spacial score (nSPS) is 10.2. The van der Waals surface area contributed by atoms with E-state index in [1.165, 1.54) is 0 Å². The van der Waals surface area contributed by atoms with Crippen LogP contribution in [0.15, 0.2) is 48.5 Å². The summed E-state index contributed by atoms with van der Waals surface area (Å²) >= 11 is 11.9. The molecule has 0 saturated heterocycles. The first-order chi connectivity index (χ1) is 11.6. The Morgan fingerprint density at radius 1 is 0.917 bits per heavy atom. The fraction of sp³-hybridized carbons (Fsp3) is 0.222. The third-order valence-corrected chi connectivity index (χ3v) is 3.99. The molecule has 0 saturated carbocycles. The third-order valence-electron chi connectivity index (χ3n) is 3.41. The first-order valence-electron chi connectivity index (χ1n) is 7.60. The highest BCUT2D eigenvalue weighted by Crippen LogP contribution is 2.20. The number of carbonyl (C=O) groups is 2. The van der Waals surface area contributed by atoms with Crippen LogP contribution in [-0.4, -0.2) is 24.9 Å². The van der Waals surface area contributed by atoms with Crippen LogP contribution in [0.1, 0.15) is 22.3 Å². The largest absolute Gasteiger partial charge is 0.356 e. The van der Waals surface area contributed by atoms with Crippen LogP contribution in [0, 0.1) is 0 Å². The van der Waals surface area contributed by atoms with Gasteiger partial charge in [-0.2, -0.15) is 0 Å². The molecule has 0 aliphatic rings. The standard InChI is InChI=1S/C18H18Cl2N2O2/c19-15-7-6-13(16(20)12-15)8-10-21-17(23)9-11-22-18(24)14-4-2-1-3-5-14/h1-7,12H,8-11H2,(H,21,23)(H,22,24). The molecule has 2 amide bonds. The molecule has 0 unspecified atom stereocenters. The second kappa shape index (κ2) is 9.30. The van der Waals surface area contributed by atoms with Crippen LogP contribution in [0.4, 0.5) is 0 Å². The van der Waals surface area contributed by atoms with Gasteiger partial charge in [0.25, 0.3) is 5.91 Å². The Morgan fingerprint density at radius 2 is 1.67 bits per heavy atom. The molecule has 2 rings (SSSR count). The molecule has 2 aromatic carbocycles. The maximum absolute atomic E-state index is 11.8. The van der Waals surface area contributed by atoms with Crippen molar-refractivity contribution in [1.29, 1.82) is 0 Å². The number of nitrogens with one attached hydrogen (secondary N) is 2. The number of rotatable bonds is 7. The minimum Gasteiger partial charge on any atom is -0.356 e. The van der Waals surface area contributed by atoms with Crippen LogP contribution in [0.25, 0.3) is 0 Å². The lowest BCUT2D eigenvalue weighted by molar-refractivity contribution is -0.120. The van der Waals surface area contributed by atoms with E-state index in [1.807, 2.05) is 12.1 Å². The van der Waals surface area contributed by atoms with E-state index in [-0.39, 0.29) is 18.2 Å². The Balaban J connectivity index is 1.66. The topological polar surface area (TPSA) is 58.2 Å². The highest BCUT2D eigenvalue weighted by Gasteiger charge is 2.06. The van der Waals surface area contributed by atoms with Crippen molar-refractivity contribution in [2.24, 2.45) is 0 Å². The Hall–Kier alpha value is -2.04. The van der Waals surface area contributed by atoms with Gasteiger partial charge in [0.1, 0.15) is 0 Å². The first-order valence-corrected chi connectivity index (χ1v) is 8.36. The summed E-state index contributed by atoms with van der Waals surface area (Å²) in [6.07, 6.45) is 0.852. The van der Waals surface area contributed by atoms with Crippen LogP contribution in [-0.2, 0) is 11.2 Å². The SMILES string of the molecule is O=C(CCNC(=O)c1ccccc1)NCCc1ccc(Cl)cc1Cl. The average molecular weight is 365 g/mol. The maximum atomic E-state index is 11.8. The van der Waals surface area contributed by atoms with Gasteiger partial charge in [-0.05, 0) is 36.2 Å². The molecule has 0 bridgehead atoms. The summed E-state index contributed by atoms with van der Waals surface area (Å²) in [5.74, 6) is -0.301. The molecule has 126 valence electrons. The second-order valence-corrected chi connectivity index (χ2v) is 6.05. The summed E-state index contributed by atoms with van der Waals surface area (Å²) in [5.41, 5.74) is 1.51. The van der Waals surface area contributed by atoms with E-state index in [4.69, 9.17) is 23.2 Å². The van der Waals surface area contributed by atoms with Gasteiger partial charge >= 0.3 is 0 Å². The van der Waals surface area contributed by atoms with Gasteiger partial charge in [0.2, 0.25) is 5.91 Å². The van der Waals surface area contributed by atoms with Gasteiger partial charge in [0, 0.05) is 35.1 Å². The van der Waals surface area contributed by atoms with Gasteiger partial charge in [-0.15, -0.1) is 0 Å². The molecule has 0 atom stereocenters. The van der Waals surface area contributed by atoms with Crippen LogP contribution in [0.3, 0.4) is 0 Å². The van der Waals surface area contributed by atoms with Crippen LogP contribution >= 0.6 is 23.2 Å². The molecule has 24 heavy (non-hydrogen) atoms. The molecule has 0 fully saturated rings. The van der Waals surface area contributed by atoms with Gasteiger partial charge in [0.15, 0.2) is 0 Å². The van der Waals surface area contributed by atoms with Gasteiger partial charge < -0.3 is 10.6 Å². The number of halogens is 2. The van der Waals surface area contributed by atoms with E-state index < -0.39 is 0 Å². The lowest BCUT2D eigenvalue weighted by Crippen LogP contribution is -2.31. The van der Waals surface area contributed by atoms with Crippen molar-refractivity contribution in [3.05, 3.63) is 69.7 Å². The lowest BCUT2D eigenvalue weighted by atomic mass is 10.1. The summed E-state index contributed by atoms with van der Waals surface area (Å²) in [7, 11) is 0. The maximum Gasteiger partial charge on any atom is 0.251 e. The molecule has 0 spiro atoms. The molecule has 4 nitrogen and oxygen atoms in total. The van der Waals surface area contributed by atoms with Gasteiger partial charge in [-0.3, -0.25) is 9.59 Å². The predicted octanol–water partition coefficient (Wildman–Crippen LogP) is 3.47. The highest BCUT2D eigenvalue weighted by molar-refractivity contribution is 6.35. The van der Waals surface area contributed by atoms with Gasteiger partial charge in [0.05, 0.1) is 0 Å². The average Bonchev–Trinajstić information content (AvgIpc) is 2.57. The lowest BCUT2D eigenvalue weighted by Gasteiger charge is -2.08. The Bertz CT molecular complexity index is 705.